The summed E-state index contributed by atoms with van der Waals surface area (Å²) in [5, 5.41) is 26.1. The lowest BCUT2D eigenvalue weighted by molar-refractivity contribution is -0.384. The molecule has 0 aliphatic rings. The first kappa shape index (κ1) is 19.6. The van der Waals surface area contributed by atoms with Crippen molar-refractivity contribution in [2.75, 3.05) is 13.2 Å². The van der Waals surface area contributed by atoms with Crippen LogP contribution in [-0.2, 0) is 4.79 Å². The SMILES string of the molecule is N[C@H](CO)COc1ccc([N+](=O)[O-])cc1.O=C(O)C(F)(F)F. The number of aliphatic hydroxyl groups excluding tert-OH is 1. The monoisotopic (exact) mass is 326 g/mol. The second-order valence-corrected chi connectivity index (χ2v) is 3.81. The standard InChI is InChI=1S/C9H12N2O4.C2HF3O2/c10-7(5-12)6-15-9-3-1-8(2-4-9)11(13)14;3-2(4,5)1(6)7/h1-4,7,12H,5-6,10H2;(H,6,7)/t7-;/m1./s1. The third-order valence-electron chi connectivity index (χ3n) is 1.99. The van der Waals surface area contributed by atoms with E-state index in [9.17, 15) is 23.3 Å². The molecule has 1 rings (SSSR count). The van der Waals surface area contributed by atoms with Crippen LogP contribution in [0.1, 0.15) is 0 Å². The molecule has 1 aromatic rings. The Kier molecular flexibility index (Phi) is 7.83. The van der Waals surface area contributed by atoms with E-state index in [0.29, 0.717) is 5.75 Å². The summed E-state index contributed by atoms with van der Waals surface area (Å²) in [5.41, 5.74) is 5.42. The first-order valence-corrected chi connectivity index (χ1v) is 5.61. The highest BCUT2D eigenvalue weighted by molar-refractivity contribution is 5.73. The number of nitro benzene ring substituents is 1. The summed E-state index contributed by atoms with van der Waals surface area (Å²) >= 11 is 0. The Morgan fingerprint density at radius 3 is 2.14 bits per heavy atom. The van der Waals surface area contributed by atoms with Crippen LogP contribution in [-0.4, -0.2) is 46.5 Å². The van der Waals surface area contributed by atoms with E-state index in [1.807, 2.05) is 0 Å². The Morgan fingerprint density at radius 2 is 1.82 bits per heavy atom. The maximum Gasteiger partial charge on any atom is 0.490 e. The van der Waals surface area contributed by atoms with Crippen molar-refractivity contribution in [3.05, 3.63) is 34.4 Å². The van der Waals surface area contributed by atoms with Crippen LogP contribution in [0.4, 0.5) is 18.9 Å². The number of nitrogens with zero attached hydrogens (tertiary/aromatic N) is 1. The molecule has 0 radical (unpaired) electrons. The van der Waals surface area contributed by atoms with E-state index in [4.69, 9.17) is 25.5 Å². The minimum Gasteiger partial charge on any atom is -0.492 e. The van der Waals surface area contributed by atoms with Gasteiger partial charge in [-0.1, -0.05) is 0 Å². The molecule has 8 nitrogen and oxygen atoms in total. The molecule has 0 saturated heterocycles. The second-order valence-electron chi connectivity index (χ2n) is 3.81. The summed E-state index contributed by atoms with van der Waals surface area (Å²) in [6, 6.07) is 5.23. The van der Waals surface area contributed by atoms with Gasteiger partial charge in [0.05, 0.1) is 17.6 Å². The lowest BCUT2D eigenvalue weighted by atomic mass is 10.3. The van der Waals surface area contributed by atoms with Crippen molar-refractivity contribution in [2.24, 2.45) is 5.73 Å². The van der Waals surface area contributed by atoms with E-state index in [2.05, 4.69) is 0 Å². The summed E-state index contributed by atoms with van der Waals surface area (Å²) in [4.78, 5) is 18.7. The topological polar surface area (TPSA) is 136 Å². The number of ether oxygens (including phenoxy) is 1. The number of nitro groups is 1. The predicted octanol–water partition coefficient (Wildman–Crippen LogP) is 0.926. The van der Waals surface area contributed by atoms with Crippen molar-refractivity contribution in [1.29, 1.82) is 0 Å². The van der Waals surface area contributed by atoms with Gasteiger partial charge in [0.15, 0.2) is 0 Å². The van der Waals surface area contributed by atoms with Crippen LogP contribution in [0.25, 0.3) is 0 Å². The molecule has 1 atom stereocenters. The molecule has 11 heteroatoms. The third kappa shape index (κ3) is 8.01. The molecule has 0 bridgehead atoms. The number of aliphatic carboxylic acids is 1. The van der Waals surface area contributed by atoms with E-state index in [-0.39, 0.29) is 18.9 Å². The number of carboxylic acids is 1. The molecule has 0 amide bonds. The fourth-order valence-electron chi connectivity index (χ4n) is 0.920. The van der Waals surface area contributed by atoms with Crippen LogP contribution in [0.15, 0.2) is 24.3 Å². The van der Waals surface area contributed by atoms with E-state index in [1.165, 1.54) is 24.3 Å². The van der Waals surface area contributed by atoms with Crippen molar-refractivity contribution >= 4 is 11.7 Å². The fraction of sp³-hybridized carbons (Fsp3) is 0.364. The average Bonchev–Trinajstić information content (AvgIpc) is 2.44. The third-order valence-corrected chi connectivity index (χ3v) is 1.99. The van der Waals surface area contributed by atoms with Gasteiger partial charge in [-0.3, -0.25) is 10.1 Å². The van der Waals surface area contributed by atoms with Gasteiger partial charge in [-0.05, 0) is 12.1 Å². The molecule has 22 heavy (non-hydrogen) atoms. The van der Waals surface area contributed by atoms with Gasteiger partial charge < -0.3 is 20.7 Å². The molecule has 0 saturated carbocycles. The molecular formula is C11H13F3N2O6. The normalized spacial score (nSPS) is 11.9. The highest BCUT2D eigenvalue weighted by atomic mass is 19.4. The summed E-state index contributed by atoms with van der Waals surface area (Å²) < 4.78 is 36.9. The summed E-state index contributed by atoms with van der Waals surface area (Å²) in [6.07, 6.45) is -5.08. The van der Waals surface area contributed by atoms with Crippen LogP contribution < -0.4 is 10.5 Å². The lowest BCUT2D eigenvalue weighted by Gasteiger charge is -2.09. The number of hydrogen-bond acceptors (Lipinski definition) is 6. The first-order valence-electron chi connectivity index (χ1n) is 5.61. The van der Waals surface area contributed by atoms with Crippen LogP contribution in [0.5, 0.6) is 5.75 Å². The zero-order valence-electron chi connectivity index (χ0n) is 11.0. The van der Waals surface area contributed by atoms with Crippen LogP contribution in [0.2, 0.25) is 0 Å². The highest BCUT2D eigenvalue weighted by Gasteiger charge is 2.38. The van der Waals surface area contributed by atoms with Crippen molar-refractivity contribution in [2.45, 2.75) is 12.2 Å². The van der Waals surface area contributed by atoms with Crippen molar-refractivity contribution in [3.8, 4) is 5.75 Å². The quantitative estimate of drug-likeness (QED) is 0.541. The number of hydrogen-bond donors (Lipinski definition) is 3. The number of aliphatic hydroxyl groups is 1. The van der Waals surface area contributed by atoms with Gasteiger partial charge >= 0.3 is 12.1 Å². The Bertz CT molecular complexity index is 492. The van der Waals surface area contributed by atoms with Gasteiger partial charge in [0.2, 0.25) is 0 Å². The van der Waals surface area contributed by atoms with Gasteiger partial charge in [0.1, 0.15) is 12.4 Å². The molecule has 0 fully saturated rings. The van der Waals surface area contributed by atoms with Crippen LogP contribution in [0, 0.1) is 10.1 Å². The molecule has 4 N–H and O–H groups in total. The number of nitrogens with two attached hydrogens (primary N) is 1. The molecule has 0 aliphatic carbocycles. The van der Waals surface area contributed by atoms with E-state index >= 15 is 0 Å². The molecule has 124 valence electrons. The van der Waals surface area contributed by atoms with E-state index < -0.39 is 23.1 Å². The predicted molar refractivity (Wildman–Crippen MR) is 67.3 cm³/mol. The summed E-state index contributed by atoms with van der Waals surface area (Å²) in [6.45, 7) is 0.0152. The van der Waals surface area contributed by atoms with Gasteiger partial charge in [-0.2, -0.15) is 13.2 Å². The van der Waals surface area contributed by atoms with Gasteiger partial charge in [-0.15, -0.1) is 0 Å². The largest absolute Gasteiger partial charge is 0.492 e. The zero-order chi connectivity index (χ0) is 17.3. The highest BCUT2D eigenvalue weighted by Crippen LogP contribution is 2.17. The van der Waals surface area contributed by atoms with E-state index in [0.717, 1.165) is 0 Å². The second kappa shape index (κ2) is 8.79. The number of benzene rings is 1. The number of carboxylic acid groups (broad SMARTS) is 1. The van der Waals surface area contributed by atoms with Crippen LogP contribution >= 0.6 is 0 Å². The number of rotatable bonds is 5. The summed E-state index contributed by atoms with van der Waals surface area (Å²) in [7, 11) is 0. The number of alkyl halides is 3. The van der Waals surface area contributed by atoms with Crippen molar-refractivity contribution < 1.29 is 37.8 Å². The van der Waals surface area contributed by atoms with Crippen molar-refractivity contribution in [3.63, 3.8) is 0 Å². The maximum atomic E-state index is 10.6. The van der Waals surface area contributed by atoms with Gasteiger partial charge in [0.25, 0.3) is 5.69 Å². The molecule has 0 heterocycles. The Labute approximate surface area is 122 Å². The Morgan fingerprint density at radius 1 is 1.36 bits per heavy atom. The number of halogens is 3. The Balaban J connectivity index is 0.000000534. The molecule has 0 unspecified atom stereocenters. The van der Waals surface area contributed by atoms with Crippen molar-refractivity contribution in [1.82, 2.24) is 0 Å². The van der Waals surface area contributed by atoms with E-state index in [1.54, 1.807) is 0 Å². The zero-order valence-corrected chi connectivity index (χ0v) is 11.0. The van der Waals surface area contributed by atoms with Crippen LogP contribution in [0.3, 0.4) is 0 Å². The molecular weight excluding hydrogens is 313 g/mol. The molecule has 0 spiro atoms. The first-order chi connectivity index (χ1) is 10.1. The summed E-state index contributed by atoms with van der Waals surface area (Å²) in [5.74, 6) is -2.27. The minimum atomic E-state index is -5.08. The fourth-order valence-corrected chi connectivity index (χ4v) is 0.920. The smallest absolute Gasteiger partial charge is 0.490 e. The number of non-ortho nitro benzene ring substituents is 1. The lowest BCUT2D eigenvalue weighted by Crippen LogP contribution is -2.31. The maximum absolute atomic E-state index is 10.6. The van der Waals surface area contributed by atoms with Gasteiger partial charge in [0, 0.05) is 12.1 Å². The van der Waals surface area contributed by atoms with Gasteiger partial charge in [-0.25, -0.2) is 4.79 Å². The average molecular weight is 326 g/mol. The molecule has 0 aliphatic heterocycles. The number of carbonyl (C=O) groups is 1. The Hall–Kier alpha value is -2.40. The molecule has 0 aromatic heterocycles. The molecule has 1 aromatic carbocycles. The minimum absolute atomic E-state index is 0.00815.